The predicted octanol–water partition coefficient (Wildman–Crippen LogP) is 2.08. The smallest absolute Gasteiger partial charge is 0.237 e. The summed E-state index contributed by atoms with van der Waals surface area (Å²) in [7, 11) is -3.10. The minimum absolute atomic E-state index is 0.00402. The van der Waals surface area contributed by atoms with Gasteiger partial charge in [0.1, 0.15) is 5.82 Å². The fraction of sp³-hybridized carbons (Fsp3) is 0.389. The molecule has 1 aromatic heterocycles. The quantitative estimate of drug-likeness (QED) is 0.517. The van der Waals surface area contributed by atoms with E-state index in [-0.39, 0.29) is 29.2 Å². The van der Waals surface area contributed by atoms with Gasteiger partial charge >= 0.3 is 0 Å². The number of hydrogen-bond donors (Lipinski definition) is 0. The number of thioether (sulfide) groups is 1. The third-order valence-electron chi connectivity index (χ3n) is 4.41. The Morgan fingerprint density at radius 2 is 2.11 bits per heavy atom. The molecule has 9 heteroatoms. The number of sulfone groups is 1. The summed E-state index contributed by atoms with van der Waals surface area (Å²) in [5, 5.41) is 8.82. The summed E-state index contributed by atoms with van der Waals surface area (Å²) in [6, 6.07) is 8.88. The van der Waals surface area contributed by atoms with Gasteiger partial charge in [-0.15, -0.1) is 16.8 Å². The first-order valence-electron chi connectivity index (χ1n) is 8.62. The minimum Gasteiger partial charge on any atom is -0.308 e. The third-order valence-corrected chi connectivity index (χ3v) is 7.12. The molecule has 0 bridgehead atoms. The van der Waals surface area contributed by atoms with E-state index in [0.29, 0.717) is 23.8 Å². The molecule has 1 aliphatic rings. The lowest BCUT2D eigenvalue weighted by Gasteiger charge is -2.28. The second-order valence-corrected chi connectivity index (χ2v) is 9.55. The Morgan fingerprint density at radius 1 is 1.37 bits per heavy atom. The number of nitrogens with zero attached hydrogens (tertiary/aromatic N) is 4. The van der Waals surface area contributed by atoms with Crippen LogP contribution in [0.5, 0.6) is 0 Å². The lowest BCUT2D eigenvalue weighted by molar-refractivity contribution is -0.116. The number of carbonyl (C=O) groups excluding carboxylic acids is 1. The highest BCUT2D eigenvalue weighted by molar-refractivity contribution is 7.99. The molecule has 0 unspecified atom stereocenters. The molecule has 2 aromatic rings. The van der Waals surface area contributed by atoms with Crippen LogP contribution in [-0.4, -0.2) is 52.4 Å². The Kier molecular flexibility index (Phi) is 6.01. The van der Waals surface area contributed by atoms with Crippen LogP contribution in [0.25, 0.3) is 0 Å². The summed E-state index contributed by atoms with van der Waals surface area (Å²) < 4.78 is 25.7. The van der Waals surface area contributed by atoms with Crippen molar-refractivity contribution in [2.75, 3.05) is 22.2 Å². The van der Waals surface area contributed by atoms with Gasteiger partial charge in [0.25, 0.3) is 0 Å². The van der Waals surface area contributed by atoms with Crippen molar-refractivity contribution in [1.29, 1.82) is 0 Å². The average molecular weight is 407 g/mol. The van der Waals surface area contributed by atoms with Crippen molar-refractivity contribution in [3.05, 3.63) is 48.8 Å². The van der Waals surface area contributed by atoms with E-state index in [1.807, 2.05) is 41.8 Å². The van der Waals surface area contributed by atoms with Crippen molar-refractivity contribution in [2.24, 2.45) is 0 Å². The maximum absolute atomic E-state index is 13.0. The Labute approximate surface area is 163 Å². The zero-order valence-corrected chi connectivity index (χ0v) is 16.7. The monoisotopic (exact) mass is 406 g/mol. The van der Waals surface area contributed by atoms with Crippen LogP contribution in [0, 0.1) is 6.92 Å². The maximum atomic E-state index is 13.0. The highest BCUT2D eigenvalue weighted by Crippen LogP contribution is 2.26. The zero-order valence-electron chi connectivity index (χ0n) is 15.1. The summed E-state index contributed by atoms with van der Waals surface area (Å²) >= 11 is 1.30. The molecule has 0 spiro atoms. The molecule has 0 N–H and O–H groups in total. The topological polar surface area (TPSA) is 85.2 Å². The molecule has 1 amide bonds. The molecule has 0 radical (unpaired) electrons. The van der Waals surface area contributed by atoms with Crippen LogP contribution in [0.1, 0.15) is 12.2 Å². The van der Waals surface area contributed by atoms with Crippen molar-refractivity contribution in [3.8, 4) is 0 Å². The Hall–Kier alpha value is -2.13. The van der Waals surface area contributed by atoms with Gasteiger partial charge in [-0.2, -0.15) is 0 Å². The minimum atomic E-state index is -3.10. The van der Waals surface area contributed by atoms with E-state index in [2.05, 4.69) is 16.8 Å². The summed E-state index contributed by atoms with van der Waals surface area (Å²) in [4.78, 5) is 14.6. The van der Waals surface area contributed by atoms with Crippen LogP contribution in [0.2, 0.25) is 0 Å². The van der Waals surface area contributed by atoms with Crippen LogP contribution in [0.15, 0.2) is 48.1 Å². The number of aryl methyl sites for hydroxylation is 1. The van der Waals surface area contributed by atoms with Gasteiger partial charge in [0.15, 0.2) is 15.0 Å². The summed E-state index contributed by atoms with van der Waals surface area (Å²) in [6.07, 6.45) is 2.21. The van der Waals surface area contributed by atoms with Crippen molar-refractivity contribution in [2.45, 2.75) is 31.1 Å². The Morgan fingerprint density at radius 3 is 2.74 bits per heavy atom. The Bertz CT molecular complexity index is 925. The lowest BCUT2D eigenvalue weighted by atomic mass is 10.2. The summed E-state index contributed by atoms with van der Waals surface area (Å²) in [5.41, 5.74) is 0.717. The third kappa shape index (κ3) is 4.59. The van der Waals surface area contributed by atoms with Crippen LogP contribution in [0.4, 0.5) is 5.69 Å². The van der Waals surface area contributed by atoms with Crippen LogP contribution >= 0.6 is 11.8 Å². The van der Waals surface area contributed by atoms with E-state index >= 15 is 0 Å². The molecule has 1 saturated heterocycles. The van der Waals surface area contributed by atoms with Gasteiger partial charge in [-0.1, -0.05) is 36.0 Å². The Balaban J connectivity index is 1.79. The fourth-order valence-electron chi connectivity index (χ4n) is 3.13. The maximum Gasteiger partial charge on any atom is 0.237 e. The summed E-state index contributed by atoms with van der Waals surface area (Å²) in [6.45, 7) is 6.15. The summed E-state index contributed by atoms with van der Waals surface area (Å²) in [5.74, 6) is 0.893. The molecule has 27 heavy (non-hydrogen) atoms. The van der Waals surface area contributed by atoms with E-state index in [1.54, 1.807) is 11.0 Å². The van der Waals surface area contributed by atoms with Crippen LogP contribution in [0.3, 0.4) is 0 Å². The first kappa shape index (κ1) is 19.6. The number of anilines is 1. The van der Waals surface area contributed by atoms with Gasteiger partial charge in [0.05, 0.1) is 23.3 Å². The van der Waals surface area contributed by atoms with Crippen molar-refractivity contribution in [1.82, 2.24) is 14.8 Å². The highest BCUT2D eigenvalue weighted by Gasteiger charge is 2.35. The van der Waals surface area contributed by atoms with Gasteiger partial charge in [-0.25, -0.2) is 8.42 Å². The first-order chi connectivity index (χ1) is 12.9. The molecule has 1 aromatic carbocycles. The number of carbonyl (C=O) groups is 1. The van der Waals surface area contributed by atoms with E-state index in [1.165, 1.54) is 11.8 Å². The molecule has 0 aliphatic carbocycles. The first-order valence-corrected chi connectivity index (χ1v) is 11.4. The van der Waals surface area contributed by atoms with Gasteiger partial charge in [0, 0.05) is 12.2 Å². The number of amides is 1. The molecule has 1 aliphatic heterocycles. The number of hydrogen-bond acceptors (Lipinski definition) is 6. The van der Waals surface area contributed by atoms with E-state index in [9.17, 15) is 13.2 Å². The lowest BCUT2D eigenvalue weighted by Crippen LogP contribution is -2.42. The number of allylic oxidation sites excluding steroid dienone is 1. The average Bonchev–Trinajstić information content (AvgIpc) is 3.17. The molecule has 144 valence electrons. The molecule has 1 fully saturated rings. The van der Waals surface area contributed by atoms with E-state index < -0.39 is 9.84 Å². The second kappa shape index (κ2) is 8.26. The molecule has 7 nitrogen and oxygen atoms in total. The van der Waals surface area contributed by atoms with Crippen molar-refractivity contribution < 1.29 is 13.2 Å². The van der Waals surface area contributed by atoms with Gasteiger partial charge in [-0.05, 0) is 25.5 Å². The van der Waals surface area contributed by atoms with Gasteiger partial charge < -0.3 is 9.47 Å². The normalized spacial score (nSPS) is 18.3. The fourth-order valence-corrected chi connectivity index (χ4v) is 5.68. The number of aromatic nitrogens is 3. The van der Waals surface area contributed by atoms with Crippen LogP contribution < -0.4 is 4.90 Å². The number of benzene rings is 1. The largest absolute Gasteiger partial charge is 0.308 e. The number of para-hydroxylation sites is 1. The number of rotatable bonds is 7. The molecule has 2 heterocycles. The van der Waals surface area contributed by atoms with Gasteiger partial charge in [0.2, 0.25) is 5.91 Å². The van der Waals surface area contributed by atoms with Gasteiger partial charge in [-0.3, -0.25) is 4.79 Å². The van der Waals surface area contributed by atoms with Crippen molar-refractivity contribution >= 4 is 33.2 Å². The second-order valence-electron chi connectivity index (χ2n) is 6.37. The molecular formula is C18H22N4O3S2. The predicted molar refractivity (Wildman–Crippen MR) is 107 cm³/mol. The highest BCUT2D eigenvalue weighted by atomic mass is 32.2. The molecule has 0 saturated carbocycles. The molecule has 1 atom stereocenters. The standard InChI is InChI=1S/C18H22N4O3S2/c1-3-10-21-14(2)19-20-18(21)26-12-17(23)22(15-7-5-4-6-8-15)16-9-11-27(24,25)13-16/h3-8,16H,1,9-13H2,2H3/t16-/m0/s1. The SMILES string of the molecule is C=CCn1c(C)nnc1SCC(=O)N(c1ccccc1)[C@H]1CCS(=O)(=O)C1. The zero-order chi connectivity index (χ0) is 19.4. The van der Waals surface area contributed by atoms with E-state index in [4.69, 9.17) is 0 Å². The van der Waals surface area contributed by atoms with Crippen LogP contribution in [-0.2, 0) is 21.2 Å². The molecular weight excluding hydrogens is 384 g/mol. The van der Waals surface area contributed by atoms with Crippen molar-refractivity contribution in [3.63, 3.8) is 0 Å². The van der Waals surface area contributed by atoms with E-state index in [0.717, 1.165) is 5.82 Å². The molecule has 3 rings (SSSR count).